The molecule has 2 aromatic rings. The van der Waals surface area contributed by atoms with Crippen LogP contribution >= 0.6 is 0 Å². The molecule has 0 aliphatic heterocycles. The second-order valence-electron chi connectivity index (χ2n) is 8.75. The fourth-order valence-electron chi connectivity index (χ4n) is 4.10. The second kappa shape index (κ2) is 11.4. The molecule has 2 unspecified atom stereocenters. The Kier molecular flexibility index (Phi) is 8.63. The van der Waals surface area contributed by atoms with Crippen LogP contribution in [0.5, 0.6) is 0 Å². The molecule has 3 rings (SSSR count). The Balaban J connectivity index is 1.41. The van der Waals surface area contributed by atoms with Crippen LogP contribution in [0.25, 0.3) is 0 Å². The maximum atomic E-state index is 12.7. The summed E-state index contributed by atoms with van der Waals surface area (Å²) in [5.41, 5.74) is 1.01. The summed E-state index contributed by atoms with van der Waals surface area (Å²) in [5.74, 6) is -0.300. The Hall–Kier alpha value is -2.71. The Labute approximate surface area is 196 Å². The number of rotatable bonds is 9. The molecular formula is C25H33N3O4S. The molecule has 33 heavy (non-hydrogen) atoms. The van der Waals surface area contributed by atoms with E-state index in [1.54, 1.807) is 37.3 Å². The van der Waals surface area contributed by atoms with Crippen LogP contribution in [0.3, 0.4) is 0 Å². The zero-order valence-electron chi connectivity index (χ0n) is 19.2. The van der Waals surface area contributed by atoms with Gasteiger partial charge in [-0.3, -0.25) is 9.59 Å². The Bertz CT molecular complexity index is 1020. The first-order chi connectivity index (χ1) is 15.8. The summed E-state index contributed by atoms with van der Waals surface area (Å²) < 4.78 is 27.5. The predicted molar refractivity (Wildman–Crippen MR) is 128 cm³/mol. The first kappa shape index (κ1) is 24.9. The van der Waals surface area contributed by atoms with E-state index in [1.165, 1.54) is 0 Å². The molecule has 1 aliphatic carbocycles. The highest BCUT2D eigenvalue weighted by Crippen LogP contribution is 2.29. The molecule has 0 heterocycles. The molecule has 2 aromatic carbocycles. The number of hydrogen-bond donors (Lipinski definition) is 3. The molecule has 0 radical (unpaired) electrons. The van der Waals surface area contributed by atoms with Gasteiger partial charge < -0.3 is 10.6 Å². The normalized spacial score (nSPS) is 20.4. The van der Waals surface area contributed by atoms with Crippen LogP contribution in [-0.2, 0) is 19.6 Å². The third kappa shape index (κ3) is 7.14. The van der Waals surface area contributed by atoms with E-state index in [0.717, 1.165) is 18.4 Å². The van der Waals surface area contributed by atoms with Crippen LogP contribution in [0.4, 0.5) is 0 Å². The molecule has 2 atom stereocenters. The highest BCUT2D eigenvalue weighted by atomic mass is 32.2. The number of carbonyl (C=O) groups excluding carboxylic acids is 2. The zero-order valence-corrected chi connectivity index (χ0v) is 20.0. The lowest BCUT2D eigenvalue weighted by molar-refractivity contribution is -0.131. The SMILES string of the molecule is CC(NC(=O)C1CCC(CNS(=O)(=O)c2ccccc2)CC1)C(=O)NC(C)c1ccccc1. The number of sulfonamides is 1. The molecule has 1 fully saturated rings. The molecule has 0 aromatic heterocycles. The van der Waals surface area contributed by atoms with Crippen LogP contribution in [0.15, 0.2) is 65.6 Å². The molecule has 1 aliphatic rings. The number of hydrogen-bond acceptors (Lipinski definition) is 4. The highest BCUT2D eigenvalue weighted by Gasteiger charge is 2.29. The summed E-state index contributed by atoms with van der Waals surface area (Å²) in [6.45, 7) is 3.96. The summed E-state index contributed by atoms with van der Waals surface area (Å²) in [5, 5.41) is 5.77. The van der Waals surface area contributed by atoms with Gasteiger partial charge in [-0.1, -0.05) is 48.5 Å². The van der Waals surface area contributed by atoms with E-state index >= 15 is 0 Å². The average Bonchev–Trinajstić information content (AvgIpc) is 2.84. The van der Waals surface area contributed by atoms with Crippen molar-refractivity contribution in [2.24, 2.45) is 11.8 Å². The maximum absolute atomic E-state index is 12.7. The Morgan fingerprint density at radius 3 is 2.06 bits per heavy atom. The minimum absolute atomic E-state index is 0.117. The molecule has 8 heteroatoms. The van der Waals surface area contributed by atoms with E-state index in [9.17, 15) is 18.0 Å². The standard InChI is InChI=1S/C25H33N3O4S/c1-18(21-9-5-3-6-10-21)27-24(29)19(2)28-25(30)22-15-13-20(14-16-22)17-26-33(31,32)23-11-7-4-8-12-23/h3-12,18-20,22,26H,13-17H2,1-2H3,(H,27,29)(H,28,30). The predicted octanol–water partition coefficient (Wildman–Crippen LogP) is 3.15. The van der Waals surface area contributed by atoms with Crippen LogP contribution in [0.2, 0.25) is 0 Å². The van der Waals surface area contributed by atoms with Gasteiger partial charge in [0.05, 0.1) is 10.9 Å². The van der Waals surface area contributed by atoms with Gasteiger partial charge >= 0.3 is 0 Å². The van der Waals surface area contributed by atoms with E-state index in [-0.39, 0.29) is 34.6 Å². The zero-order chi connectivity index (χ0) is 23.8. The second-order valence-corrected chi connectivity index (χ2v) is 10.5. The molecule has 0 spiro atoms. The minimum atomic E-state index is -3.52. The van der Waals surface area contributed by atoms with Crippen LogP contribution in [0.1, 0.15) is 51.1 Å². The van der Waals surface area contributed by atoms with Crippen molar-refractivity contribution in [2.45, 2.75) is 56.5 Å². The number of benzene rings is 2. The highest BCUT2D eigenvalue weighted by molar-refractivity contribution is 7.89. The third-order valence-electron chi connectivity index (χ3n) is 6.24. The van der Waals surface area contributed by atoms with Gasteiger partial charge in [0.15, 0.2) is 0 Å². The lowest BCUT2D eigenvalue weighted by Crippen LogP contribution is -2.47. The van der Waals surface area contributed by atoms with E-state index in [4.69, 9.17) is 0 Å². The van der Waals surface area contributed by atoms with Crippen molar-refractivity contribution in [3.05, 3.63) is 66.2 Å². The van der Waals surface area contributed by atoms with Gasteiger partial charge in [-0.05, 0) is 63.1 Å². The summed E-state index contributed by atoms with van der Waals surface area (Å²) in [4.78, 5) is 25.4. The lowest BCUT2D eigenvalue weighted by Gasteiger charge is -2.29. The molecule has 178 valence electrons. The first-order valence-electron chi connectivity index (χ1n) is 11.5. The van der Waals surface area contributed by atoms with Crippen molar-refractivity contribution in [3.63, 3.8) is 0 Å². The van der Waals surface area contributed by atoms with E-state index in [1.807, 2.05) is 37.3 Å². The average molecular weight is 472 g/mol. The lowest BCUT2D eigenvalue weighted by atomic mass is 9.81. The molecule has 0 saturated heterocycles. The van der Waals surface area contributed by atoms with E-state index in [0.29, 0.717) is 19.4 Å². The van der Waals surface area contributed by atoms with Crippen LogP contribution < -0.4 is 15.4 Å². The van der Waals surface area contributed by atoms with Crippen molar-refractivity contribution < 1.29 is 18.0 Å². The number of nitrogens with one attached hydrogen (secondary N) is 3. The van der Waals surface area contributed by atoms with Crippen LogP contribution in [-0.4, -0.2) is 32.8 Å². The quantitative estimate of drug-likeness (QED) is 0.523. The van der Waals surface area contributed by atoms with Crippen LogP contribution in [0, 0.1) is 11.8 Å². The molecule has 3 N–H and O–H groups in total. The van der Waals surface area contributed by atoms with Gasteiger partial charge in [0.2, 0.25) is 21.8 Å². The van der Waals surface area contributed by atoms with Gasteiger partial charge in [0.1, 0.15) is 6.04 Å². The Morgan fingerprint density at radius 1 is 0.879 bits per heavy atom. The van der Waals surface area contributed by atoms with Crippen molar-refractivity contribution in [3.8, 4) is 0 Å². The minimum Gasteiger partial charge on any atom is -0.348 e. The smallest absolute Gasteiger partial charge is 0.242 e. The maximum Gasteiger partial charge on any atom is 0.242 e. The molecule has 1 saturated carbocycles. The van der Waals surface area contributed by atoms with E-state index in [2.05, 4.69) is 15.4 Å². The fourth-order valence-corrected chi connectivity index (χ4v) is 5.24. The summed E-state index contributed by atoms with van der Waals surface area (Å²) in [7, 11) is -3.52. The van der Waals surface area contributed by atoms with Crippen molar-refractivity contribution >= 4 is 21.8 Å². The van der Waals surface area contributed by atoms with Crippen molar-refractivity contribution in [2.75, 3.05) is 6.54 Å². The topological polar surface area (TPSA) is 104 Å². The van der Waals surface area contributed by atoms with Gasteiger partial charge in [-0.25, -0.2) is 13.1 Å². The summed E-state index contributed by atoms with van der Waals surface area (Å²) in [6, 6.07) is 17.2. The fraction of sp³-hybridized carbons (Fsp3) is 0.440. The van der Waals surface area contributed by atoms with E-state index < -0.39 is 16.1 Å². The summed E-state index contributed by atoms with van der Waals surface area (Å²) >= 11 is 0. The largest absolute Gasteiger partial charge is 0.348 e. The molecule has 2 amide bonds. The van der Waals surface area contributed by atoms with Crippen molar-refractivity contribution in [1.82, 2.24) is 15.4 Å². The molecular weight excluding hydrogens is 438 g/mol. The first-order valence-corrected chi connectivity index (χ1v) is 12.9. The molecule has 0 bridgehead atoms. The van der Waals surface area contributed by atoms with Crippen molar-refractivity contribution in [1.29, 1.82) is 0 Å². The Morgan fingerprint density at radius 2 is 1.45 bits per heavy atom. The number of amides is 2. The number of carbonyl (C=O) groups is 2. The van der Waals surface area contributed by atoms with Gasteiger partial charge in [0.25, 0.3) is 0 Å². The van der Waals surface area contributed by atoms with Gasteiger partial charge in [-0.2, -0.15) is 0 Å². The molecule has 7 nitrogen and oxygen atoms in total. The monoisotopic (exact) mass is 471 g/mol. The summed E-state index contributed by atoms with van der Waals surface area (Å²) in [6.07, 6.45) is 2.89. The third-order valence-corrected chi connectivity index (χ3v) is 7.68. The van der Waals surface area contributed by atoms with Gasteiger partial charge in [0, 0.05) is 12.5 Å². The van der Waals surface area contributed by atoms with Gasteiger partial charge in [-0.15, -0.1) is 0 Å².